The highest BCUT2D eigenvalue weighted by Crippen LogP contribution is 2.18. The summed E-state index contributed by atoms with van der Waals surface area (Å²) in [5.41, 5.74) is 6.37. The first-order valence-electron chi connectivity index (χ1n) is 6.09. The van der Waals surface area contributed by atoms with Crippen LogP contribution in [0.2, 0.25) is 0 Å². The first-order chi connectivity index (χ1) is 9.08. The summed E-state index contributed by atoms with van der Waals surface area (Å²) in [6, 6.07) is 8.51. The SMILES string of the molecule is CC(Cc1cccs1)N(C)c1ccc(C(N)=S)cn1. The molecular formula is C14H17N3S2. The fourth-order valence-corrected chi connectivity index (χ4v) is 2.77. The Morgan fingerprint density at radius 1 is 1.47 bits per heavy atom. The van der Waals surface area contributed by atoms with Crippen LogP contribution in [0.4, 0.5) is 5.82 Å². The third kappa shape index (κ3) is 3.52. The first-order valence-corrected chi connectivity index (χ1v) is 7.38. The molecule has 0 aliphatic heterocycles. The van der Waals surface area contributed by atoms with Gasteiger partial charge in [-0.3, -0.25) is 0 Å². The third-order valence-corrected chi connectivity index (χ3v) is 4.27. The van der Waals surface area contributed by atoms with E-state index in [2.05, 4.69) is 41.4 Å². The molecule has 19 heavy (non-hydrogen) atoms. The number of thiocarbonyl (C=S) groups is 1. The summed E-state index contributed by atoms with van der Waals surface area (Å²) in [7, 11) is 2.06. The number of anilines is 1. The molecule has 0 saturated carbocycles. The zero-order valence-electron chi connectivity index (χ0n) is 11.0. The molecule has 0 aliphatic carbocycles. The third-order valence-electron chi connectivity index (χ3n) is 3.13. The molecule has 0 spiro atoms. The quantitative estimate of drug-likeness (QED) is 0.860. The van der Waals surface area contributed by atoms with Crippen LogP contribution in [0.25, 0.3) is 0 Å². The van der Waals surface area contributed by atoms with Crippen LogP contribution < -0.4 is 10.6 Å². The zero-order valence-corrected chi connectivity index (χ0v) is 12.7. The van der Waals surface area contributed by atoms with Gasteiger partial charge in [-0.05, 0) is 30.5 Å². The summed E-state index contributed by atoms with van der Waals surface area (Å²) in [6.45, 7) is 2.20. The van der Waals surface area contributed by atoms with Gasteiger partial charge in [-0.25, -0.2) is 4.98 Å². The molecule has 2 heterocycles. The Hall–Kier alpha value is -1.46. The molecule has 0 amide bonds. The highest BCUT2D eigenvalue weighted by molar-refractivity contribution is 7.80. The number of thiophene rings is 1. The van der Waals surface area contributed by atoms with E-state index in [4.69, 9.17) is 18.0 Å². The van der Waals surface area contributed by atoms with Crippen molar-refractivity contribution in [2.24, 2.45) is 5.73 Å². The van der Waals surface area contributed by atoms with Gasteiger partial charge in [0.1, 0.15) is 10.8 Å². The zero-order chi connectivity index (χ0) is 13.8. The summed E-state index contributed by atoms with van der Waals surface area (Å²) >= 11 is 6.71. The molecule has 0 saturated heterocycles. The summed E-state index contributed by atoms with van der Waals surface area (Å²) < 4.78 is 0. The number of nitrogens with two attached hydrogens (primary N) is 1. The molecule has 0 aromatic carbocycles. The van der Waals surface area contributed by atoms with Crippen LogP contribution in [0, 0.1) is 0 Å². The minimum absolute atomic E-state index is 0.383. The largest absolute Gasteiger partial charge is 0.389 e. The Kier molecular flexibility index (Phi) is 4.50. The molecule has 0 bridgehead atoms. The first kappa shape index (κ1) is 14.0. The van der Waals surface area contributed by atoms with Crippen LogP contribution >= 0.6 is 23.6 Å². The average Bonchev–Trinajstić information content (AvgIpc) is 2.90. The van der Waals surface area contributed by atoms with Gasteiger partial charge in [-0.1, -0.05) is 18.3 Å². The highest BCUT2D eigenvalue weighted by Gasteiger charge is 2.12. The highest BCUT2D eigenvalue weighted by atomic mass is 32.1. The number of hydrogen-bond donors (Lipinski definition) is 1. The second-order valence-corrected chi connectivity index (χ2v) is 5.98. The van der Waals surface area contributed by atoms with Crippen molar-refractivity contribution in [3.63, 3.8) is 0 Å². The number of pyridine rings is 1. The Balaban J connectivity index is 2.06. The van der Waals surface area contributed by atoms with E-state index in [-0.39, 0.29) is 0 Å². The van der Waals surface area contributed by atoms with Gasteiger partial charge in [0.05, 0.1) is 0 Å². The van der Waals surface area contributed by atoms with E-state index in [1.54, 1.807) is 17.5 Å². The van der Waals surface area contributed by atoms with Crippen molar-refractivity contribution >= 4 is 34.4 Å². The van der Waals surface area contributed by atoms with E-state index < -0.39 is 0 Å². The predicted molar refractivity (Wildman–Crippen MR) is 86.0 cm³/mol. The van der Waals surface area contributed by atoms with Crippen molar-refractivity contribution in [3.05, 3.63) is 46.3 Å². The van der Waals surface area contributed by atoms with Gasteiger partial charge in [-0.2, -0.15) is 0 Å². The van der Waals surface area contributed by atoms with Gasteiger partial charge in [0, 0.05) is 36.1 Å². The molecule has 0 radical (unpaired) electrons. The Labute approximate surface area is 123 Å². The minimum Gasteiger partial charge on any atom is -0.389 e. The van der Waals surface area contributed by atoms with Crippen molar-refractivity contribution < 1.29 is 0 Å². The summed E-state index contributed by atoms with van der Waals surface area (Å²) in [4.78, 5) is 8.35. The van der Waals surface area contributed by atoms with Gasteiger partial charge >= 0.3 is 0 Å². The van der Waals surface area contributed by atoms with Gasteiger partial charge in [0.25, 0.3) is 0 Å². The van der Waals surface area contributed by atoms with E-state index in [9.17, 15) is 0 Å². The predicted octanol–water partition coefficient (Wildman–Crippen LogP) is 2.84. The standard InChI is InChI=1S/C14H17N3S2/c1-10(8-12-4-3-7-19-12)17(2)13-6-5-11(9-16-13)14(15)18/h3-7,9-10H,8H2,1-2H3,(H2,15,18). The van der Waals surface area contributed by atoms with Crippen molar-refractivity contribution in [2.75, 3.05) is 11.9 Å². The topological polar surface area (TPSA) is 42.1 Å². The Morgan fingerprint density at radius 3 is 2.79 bits per heavy atom. The normalized spacial score (nSPS) is 12.1. The number of nitrogens with zero attached hydrogens (tertiary/aromatic N) is 2. The molecule has 2 rings (SSSR count). The lowest BCUT2D eigenvalue weighted by Gasteiger charge is -2.25. The lowest BCUT2D eigenvalue weighted by atomic mass is 10.2. The van der Waals surface area contributed by atoms with E-state index in [0.29, 0.717) is 11.0 Å². The summed E-state index contributed by atoms with van der Waals surface area (Å²) in [5.74, 6) is 0.934. The molecular weight excluding hydrogens is 274 g/mol. The molecule has 100 valence electrons. The molecule has 2 N–H and O–H groups in total. The van der Waals surface area contributed by atoms with Crippen molar-refractivity contribution in [2.45, 2.75) is 19.4 Å². The molecule has 5 heteroatoms. The van der Waals surface area contributed by atoms with Gasteiger partial charge in [0.2, 0.25) is 0 Å². The molecule has 3 nitrogen and oxygen atoms in total. The summed E-state index contributed by atoms with van der Waals surface area (Å²) in [6.07, 6.45) is 2.75. The van der Waals surface area contributed by atoms with Gasteiger partial charge in [-0.15, -0.1) is 11.3 Å². The number of hydrogen-bond acceptors (Lipinski definition) is 4. The Morgan fingerprint density at radius 2 is 2.26 bits per heavy atom. The van der Waals surface area contributed by atoms with E-state index in [1.807, 2.05) is 12.1 Å². The van der Waals surface area contributed by atoms with Gasteiger partial charge < -0.3 is 10.6 Å². The van der Waals surface area contributed by atoms with E-state index >= 15 is 0 Å². The van der Waals surface area contributed by atoms with Crippen LogP contribution in [0.5, 0.6) is 0 Å². The maximum absolute atomic E-state index is 5.57. The van der Waals surface area contributed by atoms with Crippen LogP contribution in [-0.2, 0) is 6.42 Å². The smallest absolute Gasteiger partial charge is 0.128 e. The number of aromatic nitrogens is 1. The molecule has 0 aliphatic rings. The molecule has 1 unspecified atom stereocenters. The maximum atomic E-state index is 5.57. The van der Waals surface area contributed by atoms with Crippen LogP contribution in [0.3, 0.4) is 0 Å². The van der Waals surface area contributed by atoms with E-state index in [0.717, 1.165) is 17.8 Å². The maximum Gasteiger partial charge on any atom is 0.128 e. The van der Waals surface area contributed by atoms with Gasteiger partial charge in [0.15, 0.2) is 0 Å². The Bertz CT molecular complexity index is 534. The molecule has 2 aromatic rings. The molecule has 1 atom stereocenters. The lowest BCUT2D eigenvalue weighted by molar-refractivity contribution is 0.680. The minimum atomic E-state index is 0.383. The fourth-order valence-electron chi connectivity index (χ4n) is 1.82. The van der Waals surface area contributed by atoms with Crippen molar-refractivity contribution in [3.8, 4) is 0 Å². The van der Waals surface area contributed by atoms with Crippen molar-refractivity contribution in [1.29, 1.82) is 0 Å². The number of likely N-dealkylation sites (N-methyl/N-ethyl adjacent to an activating group) is 1. The van der Waals surface area contributed by atoms with Crippen LogP contribution in [0.15, 0.2) is 35.8 Å². The fraction of sp³-hybridized carbons (Fsp3) is 0.286. The molecule has 2 aromatic heterocycles. The number of rotatable bonds is 5. The summed E-state index contributed by atoms with van der Waals surface area (Å²) in [5, 5.41) is 2.11. The monoisotopic (exact) mass is 291 g/mol. The molecule has 0 fully saturated rings. The van der Waals surface area contributed by atoms with Crippen LogP contribution in [-0.4, -0.2) is 23.1 Å². The second kappa shape index (κ2) is 6.12. The van der Waals surface area contributed by atoms with Crippen molar-refractivity contribution in [1.82, 2.24) is 4.98 Å². The van der Waals surface area contributed by atoms with Crippen LogP contribution in [0.1, 0.15) is 17.4 Å². The lowest BCUT2D eigenvalue weighted by Crippen LogP contribution is -2.31. The second-order valence-electron chi connectivity index (χ2n) is 4.51. The van der Waals surface area contributed by atoms with E-state index in [1.165, 1.54) is 4.88 Å². The average molecular weight is 291 g/mol.